The maximum Gasteiger partial charge on any atom is 0.270 e. The zero-order valence-electron chi connectivity index (χ0n) is 14.1. The Bertz CT molecular complexity index is 523. The summed E-state index contributed by atoms with van der Waals surface area (Å²) in [6.07, 6.45) is 0.573. The maximum absolute atomic E-state index is 12.3. The largest absolute Gasteiger partial charge is 0.355 e. The summed E-state index contributed by atoms with van der Waals surface area (Å²) >= 11 is 0. The normalized spacial score (nSPS) is 15.3. The highest BCUT2D eigenvalue weighted by molar-refractivity contribution is 7.87. The van der Waals surface area contributed by atoms with Crippen LogP contribution in [0.5, 0.6) is 0 Å². The molecule has 0 aliphatic rings. The summed E-state index contributed by atoms with van der Waals surface area (Å²) in [6, 6.07) is -0.717. The third kappa shape index (κ3) is 5.33. The molecule has 0 aliphatic carbocycles. The van der Waals surface area contributed by atoms with Crippen molar-refractivity contribution < 1.29 is 22.6 Å². The Morgan fingerprint density at radius 1 is 1.23 bits per heavy atom. The van der Waals surface area contributed by atoms with Gasteiger partial charge < -0.3 is 15.8 Å². The molecule has 8 heteroatoms. The van der Waals surface area contributed by atoms with Crippen molar-refractivity contribution in [2.24, 2.45) is 16.6 Å². The van der Waals surface area contributed by atoms with E-state index in [1.54, 1.807) is 27.7 Å². The van der Waals surface area contributed by atoms with Crippen LogP contribution < -0.4 is 11.1 Å². The van der Waals surface area contributed by atoms with Crippen molar-refractivity contribution in [1.29, 1.82) is 0 Å². The molecule has 0 saturated carbocycles. The highest BCUT2D eigenvalue weighted by atomic mass is 32.2. The molecule has 0 aromatic heterocycles. The van der Waals surface area contributed by atoms with Crippen LogP contribution in [0.15, 0.2) is 0 Å². The van der Waals surface area contributed by atoms with Gasteiger partial charge in [-0.3, -0.25) is 9.35 Å². The molecule has 1 amide bonds. The zero-order valence-corrected chi connectivity index (χ0v) is 15.0. The Hall–Kier alpha value is -0.990. The minimum absolute atomic E-state index is 0.0508. The molecule has 0 spiro atoms. The van der Waals surface area contributed by atoms with Gasteiger partial charge >= 0.3 is 0 Å². The minimum atomic E-state index is -4.28. The summed E-state index contributed by atoms with van der Waals surface area (Å²) in [5, 5.41) is 2.70. The number of carbonyl (C=O) groups excluding carboxylic acids is 2. The second-order valence-corrected chi connectivity index (χ2v) is 9.68. The van der Waals surface area contributed by atoms with E-state index in [2.05, 4.69) is 5.32 Å². The van der Waals surface area contributed by atoms with Crippen molar-refractivity contribution >= 4 is 22.3 Å². The first kappa shape index (κ1) is 21.0. The van der Waals surface area contributed by atoms with E-state index in [9.17, 15) is 22.6 Å². The summed E-state index contributed by atoms with van der Waals surface area (Å²) in [5.74, 6) is -0.365. The van der Waals surface area contributed by atoms with E-state index in [4.69, 9.17) is 5.73 Å². The number of amides is 1. The van der Waals surface area contributed by atoms with Gasteiger partial charge in [0.25, 0.3) is 10.1 Å². The highest BCUT2D eigenvalue weighted by Crippen LogP contribution is 2.33. The quantitative estimate of drug-likeness (QED) is 0.443. The van der Waals surface area contributed by atoms with Crippen LogP contribution in [0.4, 0.5) is 0 Å². The molecule has 0 bridgehead atoms. The van der Waals surface area contributed by atoms with Crippen molar-refractivity contribution in [3.63, 3.8) is 0 Å². The molecule has 130 valence electrons. The fourth-order valence-electron chi connectivity index (χ4n) is 2.09. The predicted molar refractivity (Wildman–Crippen MR) is 84.9 cm³/mol. The van der Waals surface area contributed by atoms with E-state index < -0.39 is 31.7 Å². The molecule has 0 saturated heterocycles. The van der Waals surface area contributed by atoms with Crippen molar-refractivity contribution in [2.45, 2.75) is 58.8 Å². The number of aldehydes is 1. The third-order valence-electron chi connectivity index (χ3n) is 3.93. The molecular formula is C14H28N2O5S. The van der Waals surface area contributed by atoms with E-state index in [-0.39, 0.29) is 18.9 Å². The lowest BCUT2D eigenvalue weighted by Crippen LogP contribution is -2.50. The molecular weight excluding hydrogens is 308 g/mol. The molecule has 7 nitrogen and oxygen atoms in total. The fraction of sp³-hybridized carbons (Fsp3) is 0.857. The van der Waals surface area contributed by atoms with Gasteiger partial charge in [0.1, 0.15) is 6.29 Å². The third-order valence-corrected chi connectivity index (χ3v) is 5.48. The van der Waals surface area contributed by atoms with E-state index in [0.29, 0.717) is 6.29 Å². The van der Waals surface area contributed by atoms with E-state index in [0.717, 1.165) is 0 Å². The summed E-state index contributed by atoms with van der Waals surface area (Å²) in [6.45, 7) is 9.61. The van der Waals surface area contributed by atoms with Crippen molar-refractivity contribution in [2.75, 3.05) is 6.54 Å². The van der Waals surface area contributed by atoms with E-state index >= 15 is 0 Å². The van der Waals surface area contributed by atoms with Gasteiger partial charge in [-0.25, -0.2) is 0 Å². The summed E-state index contributed by atoms with van der Waals surface area (Å²) in [4.78, 5) is 23.1. The van der Waals surface area contributed by atoms with Crippen molar-refractivity contribution in [1.82, 2.24) is 5.32 Å². The molecule has 4 N–H and O–H groups in total. The zero-order chi connectivity index (χ0) is 18.0. The molecule has 0 fully saturated rings. The van der Waals surface area contributed by atoms with Crippen LogP contribution in [-0.4, -0.2) is 42.5 Å². The smallest absolute Gasteiger partial charge is 0.270 e. The Balaban J connectivity index is 4.96. The van der Waals surface area contributed by atoms with Crippen LogP contribution >= 0.6 is 0 Å². The molecule has 0 heterocycles. The van der Waals surface area contributed by atoms with Gasteiger partial charge in [0.05, 0.1) is 10.8 Å². The second kappa shape index (κ2) is 6.64. The Morgan fingerprint density at radius 2 is 1.68 bits per heavy atom. The topological polar surface area (TPSA) is 127 Å². The van der Waals surface area contributed by atoms with Crippen LogP contribution in [0.3, 0.4) is 0 Å². The van der Waals surface area contributed by atoms with Crippen LogP contribution in [0.1, 0.15) is 48.0 Å². The lowest BCUT2D eigenvalue weighted by Gasteiger charge is -2.34. The van der Waals surface area contributed by atoms with Gasteiger partial charge in [0.15, 0.2) is 0 Å². The predicted octanol–water partition coefficient (Wildman–Crippen LogP) is 0.738. The fourth-order valence-corrected chi connectivity index (χ4v) is 2.63. The highest BCUT2D eigenvalue weighted by Gasteiger charge is 2.42. The number of hydrogen-bond acceptors (Lipinski definition) is 5. The first-order valence-corrected chi connectivity index (χ1v) is 8.47. The van der Waals surface area contributed by atoms with Gasteiger partial charge in [-0.1, -0.05) is 27.7 Å². The Kier molecular flexibility index (Phi) is 6.34. The Morgan fingerprint density at radius 3 is 2.05 bits per heavy atom. The number of rotatable bonds is 8. The van der Waals surface area contributed by atoms with Crippen LogP contribution in [0.2, 0.25) is 0 Å². The van der Waals surface area contributed by atoms with Gasteiger partial charge in [-0.05, 0) is 20.3 Å². The molecule has 0 aliphatic heterocycles. The average molecular weight is 336 g/mol. The Labute approximate surface area is 132 Å². The lowest BCUT2D eigenvalue weighted by molar-refractivity contribution is -0.130. The molecule has 0 radical (unpaired) electrons. The minimum Gasteiger partial charge on any atom is -0.355 e. The summed E-state index contributed by atoms with van der Waals surface area (Å²) < 4.78 is 30.5. The van der Waals surface area contributed by atoms with Crippen molar-refractivity contribution in [3.05, 3.63) is 0 Å². The number of carbonyl (C=O) groups is 2. The van der Waals surface area contributed by atoms with Crippen LogP contribution in [0.25, 0.3) is 0 Å². The molecule has 0 aromatic carbocycles. The first-order chi connectivity index (χ1) is 9.57. The molecule has 1 atom stereocenters. The van der Waals surface area contributed by atoms with E-state index in [1.807, 2.05) is 0 Å². The van der Waals surface area contributed by atoms with E-state index in [1.165, 1.54) is 13.8 Å². The maximum atomic E-state index is 12.3. The van der Waals surface area contributed by atoms with Gasteiger partial charge in [0.2, 0.25) is 5.91 Å². The summed E-state index contributed by atoms with van der Waals surface area (Å²) in [5.41, 5.74) is 4.04. The van der Waals surface area contributed by atoms with Crippen molar-refractivity contribution in [3.8, 4) is 0 Å². The standard InChI is InChI=1S/C14H28N2O5S/c1-12(2,8-14(5,6)22(19,20)21)11(18)16-9-13(3,4)10(15)7-17/h7,10H,8-9,15H2,1-6H3,(H,16,18)(H,19,20,21). The molecule has 22 heavy (non-hydrogen) atoms. The number of nitrogens with two attached hydrogens (primary N) is 1. The monoisotopic (exact) mass is 336 g/mol. The SMILES string of the molecule is CC(C)(CC(C)(C)S(=O)(=O)O)C(=O)NCC(C)(C)C(N)C=O. The van der Waals surface area contributed by atoms with Gasteiger partial charge in [-0.2, -0.15) is 8.42 Å². The second-order valence-electron chi connectivity index (χ2n) is 7.63. The van der Waals surface area contributed by atoms with Gasteiger partial charge in [0, 0.05) is 17.4 Å². The summed E-state index contributed by atoms with van der Waals surface area (Å²) in [7, 11) is -4.28. The van der Waals surface area contributed by atoms with Crippen LogP contribution in [0, 0.1) is 10.8 Å². The molecule has 1 unspecified atom stereocenters. The number of hydrogen-bond donors (Lipinski definition) is 3. The molecule has 0 aromatic rings. The molecule has 0 rings (SSSR count). The number of nitrogens with one attached hydrogen (secondary N) is 1. The average Bonchev–Trinajstić information content (AvgIpc) is 2.32. The lowest BCUT2D eigenvalue weighted by atomic mass is 9.81. The first-order valence-electron chi connectivity index (χ1n) is 7.03. The van der Waals surface area contributed by atoms with Gasteiger partial charge in [-0.15, -0.1) is 0 Å². The van der Waals surface area contributed by atoms with Crippen LogP contribution in [-0.2, 0) is 19.7 Å².